The molecule has 0 unspecified atom stereocenters. The first-order chi connectivity index (χ1) is 11.0. The molecule has 2 aromatic heterocycles. The highest BCUT2D eigenvalue weighted by Crippen LogP contribution is 2.34. The average Bonchev–Trinajstić information content (AvgIpc) is 3.06. The quantitative estimate of drug-likeness (QED) is 0.755. The summed E-state index contributed by atoms with van der Waals surface area (Å²) in [6.45, 7) is 4.08. The summed E-state index contributed by atoms with van der Waals surface area (Å²) in [5.41, 5.74) is 10.3. The summed E-state index contributed by atoms with van der Waals surface area (Å²) >= 11 is 0. The van der Waals surface area contributed by atoms with Gasteiger partial charge in [0.2, 0.25) is 5.91 Å². The van der Waals surface area contributed by atoms with Gasteiger partial charge < -0.3 is 11.1 Å². The van der Waals surface area contributed by atoms with Crippen LogP contribution in [0, 0.1) is 0 Å². The molecule has 0 spiro atoms. The monoisotopic (exact) mass is 308 g/mol. The fourth-order valence-electron chi connectivity index (χ4n) is 2.93. The average molecular weight is 308 g/mol. The number of amides is 1. The Balaban J connectivity index is 1.96. The molecule has 1 aromatic carbocycles. The van der Waals surface area contributed by atoms with Crippen molar-refractivity contribution in [3.63, 3.8) is 0 Å². The van der Waals surface area contributed by atoms with Crippen molar-refractivity contribution >= 4 is 28.4 Å². The molecule has 1 aliphatic rings. The van der Waals surface area contributed by atoms with E-state index in [0.29, 0.717) is 12.2 Å². The number of fused-ring (bicyclic) bond motifs is 2. The van der Waals surface area contributed by atoms with Crippen LogP contribution in [-0.4, -0.2) is 25.7 Å². The lowest BCUT2D eigenvalue weighted by molar-refractivity contribution is -0.115. The second-order valence-corrected chi connectivity index (χ2v) is 5.94. The highest BCUT2D eigenvalue weighted by atomic mass is 16.1. The maximum Gasteiger partial charge on any atom is 0.228 e. The predicted octanol–water partition coefficient (Wildman–Crippen LogP) is 2.15. The van der Waals surface area contributed by atoms with Crippen molar-refractivity contribution < 1.29 is 4.79 Å². The molecule has 0 atom stereocenters. The normalized spacial score (nSPS) is 13.6. The molecule has 1 amide bonds. The Bertz CT molecular complexity index is 943. The zero-order chi connectivity index (χ0) is 16.1. The molecule has 0 radical (unpaired) electrons. The summed E-state index contributed by atoms with van der Waals surface area (Å²) in [6.07, 6.45) is 1.84. The Morgan fingerprint density at radius 3 is 2.91 bits per heavy atom. The smallest absolute Gasteiger partial charge is 0.228 e. The number of benzene rings is 1. The zero-order valence-corrected chi connectivity index (χ0v) is 12.9. The second kappa shape index (κ2) is 4.77. The molecular formula is C16H16N6O. The van der Waals surface area contributed by atoms with Crippen LogP contribution < -0.4 is 11.1 Å². The summed E-state index contributed by atoms with van der Waals surface area (Å²) < 4.78 is 1.85. The maximum atomic E-state index is 11.5. The Kier molecular flexibility index (Phi) is 2.84. The minimum Gasteiger partial charge on any atom is -0.383 e. The van der Waals surface area contributed by atoms with Crippen LogP contribution in [0.15, 0.2) is 24.5 Å². The van der Waals surface area contributed by atoms with Crippen molar-refractivity contribution in [3.05, 3.63) is 30.1 Å². The topological polar surface area (TPSA) is 98.7 Å². The highest BCUT2D eigenvalue weighted by molar-refractivity contribution is 6.02. The number of nitrogens with zero attached hydrogens (tertiary/aromatic N) is 4. The molecule has 3 N–H and O–H groups in total. The number of carbonyl (C=O) groups excluding carboxylic acids is 1. The van der Waals surface area contributed by atoms with Crippen molar-refractivity contribution in [1.29, 1.82) is 0 Å². The van der Waals surface area contributed by atoms with E-state index in [2.05, 4.69) is 15.3 Å². The third-order valence-electron chi connectivity index (χ3n) is 4.01. The standard InChI is InChI=1S/C16H16N6O/c1-8(2)22-16-13(15(17)18-7-19-16)14(21-22)9-3-4-11-10(5-9)6-12(23)20-11/h3-5,7-8H,6H2,1-2H3,(H,20,23)(H2,17,18,19). The molecule has 1 aliphatic heterocycles. The van der Waals surface area contributed by atoms with Gasteiger partial charge in [-0.15, -0.1) is 0 Å². The summed E-state index contributed by atoms with van der Waals surface area (Å²) in [7, 11) is 0. The number of nitrogens with two attached hydrogens (primary N) is 1. The Hall–Kier alpha value is -2.96. The number of hydrogen-bond donors (Lipinski definition) is 2. The van der Waals surface area contributed by atoms with Gasteiger partial charge in [0.1, 0.15) is 17.8 Å². The summed E-state index contributed by atoms with van der Waals surface area (Å²) in [4.78, 5) is 20.0. The first kappa shape index (κ1) is 13.7. The number of anilines is 2. The van der Waals surface area contributed by atoms with E-state index in [4.69, 9.17) is 10.8 Å². The first-order valence-corrected chi connectivity index (χ1v) is 7.46. The van der Waals surface area contributed by atoms with Gasteiger partial charge in [0.25, 0.3) is 0 Å². The Labute approximate surface area is 132 Å². The summed E-state index contributed by atoms with van der Waals surface area (Å²) in [5, 5.41) is 8.28. The third-order valence-corrected chi connectivity index (χ3v) is 4.01. The predicted molar refractivity (Wildman–Crippen MR) is 87.9 cm³/mol. The van der Waals surface area contributed by atoms with E-state index in [1.54, 1.807) is 0 Å². The summed E-state index contributed by atoms with van der Waals surface area (Å²) in [5.74, 6) is 0.421. The second-order valence-electron chi connectivity index (χ2n) is 5.94. The fraction of sp³-hybridized carbons (Fsp3) is 0.250. The van der Waals surface area contributed by atoms with Crippen LogP contribution >= 0.6 is 0 Å². The number of aromatic nitrogens is 4. The molecule has 0 saturated carbocycles. The van der Waals surface area contributed by atoms with Crippen molar-refractivity contribution in [2.24, 2.45) is 0 Å². The van der Waals surface area contributed by atoms with Crippen molar-refractivity contribution in [2.45, 2.75) is 26.3 Å². The molecule has 116 valence electrons. The lowest BCUT2D eigenvalue weighted by Crippen LogP contribution is -2.04. The van der Waals surface area contributed by atoms with Gasteiger partial charge in [0.05, 0.1) is 11.8 Å². The van der Waals surface area contributed by atoms with Crippen LogP contribution in [0.4, 0.5) is 11.5 Å². The van der Waals surface area contributed by atoms with E-state index in [-0.39, 0.29) is 11.9 Å². The molecule has 0 aliphatic carbocycles. The Morgan fingerprint density at radius 2 is 2.13 bits per heavy atom. The third kappa shape index (κ3) is 2.04. The number of rotatable bonds is 2. The van der Waals surface area contributed by atoms with Crippen molar-refractivity contribution in [1.82, 2.24) is 19.7 Å². The molecule has 7 heteroatoms. The van der Waals surface area contributed by atoms with Crippen LogP contribution in [0.2, 0.25) is 0 Å². The van der Waals surface area contributed by atoms with Gasteiger partial charge in [0, 0.05) is 17.3 Å². The zero-order valence-electron chi connectivity index (χ0n) is 12.9. The molecule has 4 rings (SSSR count). The van der Waals surface area contributed by atoms with E-state index in [0.717, 1.165) is 33.5 Å². The number of nitrogens with one attached hydrogen (secondary N) is 1. The number of hydrogen-bond acceptors (Lipinski definition) is 5. The first-order valence-electron chi connectivity index (χ1n) is 7.46. The van der Waals surface area contributed by atoms with Gasteiger partial charge in [-0.1, -0.05) is 6.07 Å². The van der Waals surface area contributed by atoms with Crippen molar-refractivity contribution in [2.75, 3.05) is 11.1 Å². The fourth-order valence-corrected chi connectivity index (χ4v) is 2.93. The van der Waals surface area contributed by atoms with Crippen molar-refractivity contribution in [3.8, 4) is 11.3 Å². The van der Waals surface area contributed by atoms with Gasteiger partial charge in [0.15, 0.2) is 5.65 Å². The van der Waals surface area contributed by atoms with Gasteiger partial charge in [-0.2, -0.15) is 5.10 Å². The van der Waals surface area contributed by atoms with E-state index < -0.39 is 0 Å². The van der Waals surface area contributed by atoms with Crippen LogP contribution in [0.1, 0.15) is 25.5 Å². The molecular weight excluding hydrogens is 292 g/mol. The lowest BCUT2D eigenvalue weighted by Gasteiger charge is -2.05. The molecule has 3 heterocycles. The molecule has 0 bridgehead atoms. The molecule has 3 aromatic rings. The van der Waals surface area contributed by atoms with E-state index >= 15 is 0 Å². The van der Waals surface area contributed by atoms with Gasteiger partial charge in [-0.3, -0.25) is 4.79 Å². The van der Waals surface area contributed by atoms with E-state index in [9.17, 15) is 4.79 Å². The minimum absolute atomic E-state index is 0.0116. The molecule has 23 heavy (non-hydrogen) atoms. The molecule has 0 saturated heterocycles. The summed E-state index contributed by atoms with van der Waals surface area (Å²) in [6, 6.07) is 5.96. The van der Waals surface area contributed by atoms with E-state index in [1.165, 1.54) is 6.33 Å². The lowest BCUT2D eigenvalue weighted by atomic mass is 10.0. The van der Waals surface area contributed by atoms with Crippen LogP contribution in [0.3, 0.4) is 0 Å². The van der Waals surface area contributed by atoms with Gasteiger partial charge in [-0.05, 0) is 31.5 Å². The minimum atomic E-state index is 0.0116. The van der Waals surface area contributed by atoms with Crippen LogP contribution in [-0.2, 0) is 11.2 Å². The van der Waals surface area contributed by atoms with Gasteiger partial charge in [-0.25, -0.2) is 14.6 Å². The Morgan fingerprint density at radius 1 is 1.30 bits per heavy atom. The van der Waals surface area contributed by atoms with E-state index in [1.807, 2.05) is 36.7 Å². The van der Waals surface area contributed by atoms with Crippen LogP contribution in [0.25, 0.3) is 22.3 Å². The number of nitrogen functional groups attached to an aromatic ring is 1. The van der Waals surface area contributed by atoms with Crippen LogP contribution in [0.5, 0.6) is 0 Å². The largest absolute Gasteiger partial charge is 0.383 e. The SMILES string of the molecule is CC(C)n1nc(-c2ccc3c(c2)CC(=O)N3)c2c(N)ncnc21. The molecule has 7 nitrogen and oxygen atoms in total. The maximum absolute atomic E-state index is 11.5. The van der Waals surface area contributed by atoms with Gasteiger partial charge >= 0.3 is 0 Å². The number of carbonyl (C=O) groups is 1. The molecule has 0 fully saturated rings. The highest BCUT2D eigenvalue weighted by Gasteiger charge is 2.22.